The van der Waals surface area contributed by atoms with Gasteiger partial charge in [0.15, 0.2) is 0 Å². The Hall–Kier alpha value is -3.49. The number of aliphatic imine (C=N–C) groups is 1. The summed E-state index contributed by atoms with van der Waals surface area (Å²) in [7, 11) is 0. The van der Waals surface area contributed by atoms with Gasteiger partial charge in [-0.1, -0.05) is 42.1 Å². The van der Waals surface area contributed by atoms with Crippen LogP contribution in [0.4, 0.5) is 5.69 Å². The predicted octanol–water partition coefficient (Wildman–Crippen LogP) is -2.40. The van der Waals surface area contributed by atoms with Gasteiger partial charge in [-0.3, -0.25) is 4.90 Å². The third-order valence-corrected chi connectivity index (χ3v) is 7.29. The average Bonchev–Trinajstić information content (AvgIpc) is 3.08. The van der Waals surface area contributed by atoms with Gasteiger partial charge in [-0.2, -0.15) is 0 Å². The predicted molar refractivity (Wildman–Crippen MR) is 138 cm³/mol. The number of carboxylic acids is 3. The van der Waals surface area contributed by atoms with E-state index in [1.54, 1.807) is 11.8 Å². The smallest absolute Gasteiger partial charge is 0.137 e. The number of aliphatic hydroxyl groups excluding tert-OH is 1. The molecule has 216 valence electrons. The van der Waals surface area contributed by atoms with Gasteiger partial charge < -0.3 is 49.6 Å². The molecule has 1 fully saturated rings. The zero-order valence-corrected chi connectivity index (χ0v) is 22.5. The van der Waals surface area contributed by atoms with Crippen LogP contribution < -0.4 is 15.3 Å². The number of hydrogen-bond donors (Lipinski definition) is 2. The minimum absolute atomic E-state index is 0.0898. The minimum atomic E-state index is -2.97. The second-order valence-corrected chi connectivity index (χ2v) is 10.2. The van der Waals surface area contributed by atoms with Gasteiger partial charge in [0.25, 0.3) is 0 Å². The van der Waals surface area contributed by atoms with Crippen LogP contribution >= 0.6 is 11.8 Å². The van der Waals surface area contributed by atoms with Crippen LogP contribution in [0, 0.1) is 0 Å². The fraction of sp³-hybridized carbons (Fsp3) is 0.407. The van der Waals surface area contributed by atoms with Gasteiger partial charge >= 0.3 is 0 Å². The summed E-state index contributed by atoms with van der Waals surface area (Å²) >= 11 is 1.80. The van der Waals surface area contributed by atoms with Gasteiger partial charge in [0.2, 0.25) is 0 Å². The molecule has 0 atom stereocenters. The van der Waals surface area contributed by atoms with Crippen molar-refractivity contribution < 1.29 is 44.7 Å². The largest absolute Gasteiger partial charge is 0.550 e. The summed E-state index contributed by atoms with van der Waals surface area (Å²) < 4.78 is 5.40. The molecule has 0 aromatic heterocycles. The molecule has 2 aliphatic rings. The molecule has 13 heteroatoms. The number of benzene rings is 2. The maximum atomic E-state index is 10.1. The molecule has 4 rings (SSSR count). The number of hydrogen-bond acceptors (Lipinski definition) is 13. The third kappa shape index (κ3) is 8.76. The first kappa shape index (κ1) is 31.0. The molecule has 2 aromatic carbocycles. The van der Waals surface area contributed by atoms with E-state index in [1.807, 2.05) is 0 Å². The molecule has 40 heavy (non-hydrogen) atoms. The van der Waals surface area contributed by atoms with E-state index in [0.29, 0.717) is 13.2 Å². The zero-order valence-electron chi connectivity index (χ0n) is 21.7. The second kappa shape index (κ2) is 14.8. The number of aliphatic hydroxyl groups is 2. The Morgan fingerprint density at radius 3 is 2.10 bits per heavy atom. The lowest BCUT2D eigenvalue weighted by molar-refractivity contribution is -0.339. The van der Waals surface area contributed by atoms with E-state index < -0.39 is 36.4 Å². The van der Waals surface area contributed by atoms with E-state index in [9.17, 15) is 29.7 Å². The second-order valence-electron chi connectivity index (χ2n) is 9.08. The summed E-state index contributed by atoms with van der Waals surface area (Å²) in [6.07, 6.45) is -2.72. The maximum Gasteiger partial charge on any atom is 0.137 e. The Bertz CT molecular complexity index is 1200. The van der Waals surface area contributed by atoms with Crippen molar-refractivity contribution >= 4 is 41.2 Å². The Kier molecular flexibility index (Phi) is 11.5. The summed E-state index contributed by atoms with van der Waals surface area (Å²) in [5, 5.41) is 47.7. The molecule has 0 amide bonds. The monoisotopic (exact) mass is 572 g/mol. The van der Waals surface area contributed by atoms with Gasteiger partial charge in [0, 0.05) is 72.9 Å². The number of piperazine rings is 1. The Morgan fingerprint density at radius 2 is 1.50 bits per heavy atom. The summed E-state index contributed by atoms with van der Waals surface area (Å²) in [4.78, 5) is 42.4. The van der Waals surface area contributed by atoms with Crippen molar-refractivity contribution in [3.63, 3.8) is 0 Å². The highest BCUT2D eigenvalue weighted by atomic mass is 32.2. The molecular formula is C27H30N3O9S-3. The molecule has 2 N–H and O–H groups in total. The number of fused-ring (bicyclic) bond motifs is 2. The van der Waals surface area contributed by atoms with Crippen LogP contribution in [0.3, 0.4) is 0 Å². The Balaban J connectivity index is 0.000000289. The minimum Gasteiger partial charge on any atom is -0.550 e. The lowest BCUT2D eigenvalue weighted by atomic mass is 9.96. The zero-order chi connectivity index (χ0) is 29.1. The first-order valence-corrected chi connectivity index (χ1v) is 13.4. The quantitative estimate of drug-likeness (QED) is 0.288. The highest BCUT2D eigenvalue weighted by Crippen LogP contribution is 2.40. The first-order valence-electron chi connectivity index (χ1n) is 12.6. The van der Waals surface area contributed by atoms with Crippen molar-refractivity contribution in [1.29, 1.82) is 0 Å². The SMILES string of the molecule is O=C([O-])CC(O)(CC(=O)[O-])C(=O)[O-].OCCOCCN1CCN(C2=Nc3ccccc3Sc3ccccc32)CC1. The van der Waals surface area contributed by atoms with Crippen molar-refractivity contribution in [3.8, 4) is 0 Å². The highest BCUT2D eigenvalue weighted by Gasteiger charge is 2.29. The first-order chi connectivity index (χ1) is 19.1. The van der Waals surface area contributed by atoms with Crippen LogP contribution in [0.15, 0.2) is 63.3 Å². The summed E-state index contributed by atoms with van der Waals surface area (Å²) in [6, 6.07) is 16.9. The van der Waals surface area contributed by atoms with Gasteiger partial charge in [-0.25, -0.2) is 4.99 Å². The van der Waals surface area contributed by atoms with Gasteiger partial charge in [-0.05, 0) is 18.2 Å². The summed E-state index contributed by atoms with van der Waals surface area (Å²) in [6.45, 7) is 6.01. The van der Waals surface area contributed by atoms with Crippen LogP contribution in [0.1, 0.15) is 18.4 Å². The molecular weight excluding hydrogens is 542 g/mol. The average molecular weight is 573 g/mol. The molecule has 0 radical (unpaired) electrons. The molecule has 2 aromatic rings. The lowest BCUT2D eigenvalue weighted by Gasteiger charge is -2.36. The number of nitrogens with zero attached hydrogens (tertiary/aromatic N) is 3. The normalized spacial score (nSPS) is 15.1. The number of carboxylic acid groups (broad SMARTS) is 3. The number of amidine groups is 1. The molecule has 0 bridgehead atoms. The third-order valence-electron chi connectivity index (χ3n) is 6.15. The number of ether oxygens (including phenoxy) is 1. The van der Waals surface area contributed by atoms with E-state index in [-0.39, 0.29) is 6.61 Å². The Morgan fingerprint density at radius 1 is 0.900 bits per heavy atom. The van der Waals surface area contributed by atoms with E-state index in [1.165, 1.54) is 15.4 Å². The van der Waals surface area contributed by atoms with Crippen molar-refractivity contribution in [2.45, 2.75) is 28.2 Å². The number of para-hydroxylation sites is 1. The topological polar surface area (TPSA) is 189 Å². The van der Waals surface area contributed by atoms with Crippen LogP contribution in [-0.2, 0) is 19.1 Å². The van der Waals surface area contributed by atoms with E-state index in [2.05, 4.69) is 58.3 Å². The maximum absolute atomic E-state index is 10.1. The summed E-state index contributed by atoms with van der Waals surface area (Å²) in [5.74, 6) is -4.90. The molecule has 0 spiro atoms. The number of carbonyl (C=O) groups is 3. The lowest BCUT2D eigenvalue weighted by Crippen LogP contribution is -2.54. The van der Waals surface area contributed by atoms with E-state index in [0.717, 1.165) is 44.2 Å². The highest BCUT2D eigenvalue weighted by molar-refractivity contribution is 7.99. The van der Waals surface area contributed by atoms with Crippen molar-refractivity contribution in [3.05, 3.63) is 54.1 Å². The van der Waals surface area contributed by atoms with Gasteiger partial charge in [-0.15, -0.1) is 0 Å². The number of carbonyl (C=O) groups excluding carboxylic acids is 3. The van der Waals surface area contributed by atoms with Gasteiger partial charge in [0.05, 0.1) is 31.5 Å². The standard InChI is InChI=1S/C21H25N3O2S.C6H8O7/c25-14-16-26-15-13-23-9-11-24(12-10-23)21-17-5-1-3-7-19(17)27-20-8-4-2-6-18(20)22-21;7-3(8)1-6(13,5(11)12)2-4(9)10/h1-8,25H,9-16H2;13H,1-2H2,(H,7,8)(H,9,10)(H,11,12)/p-3. The summed E-state index contributed by atoms with van der Waals surface area (Å²) in [5.41, 5.74) is -0.704. The molecule has 1 saturated heterocycles. The number of aliphatic carboxylic acids is 3. The van der Waals surface area contributed by atoms with Gasteiger partial charge in [0.1, 0.15) is 11.4 Å². The molecule has 12 nitrogen and oxygen atoms in total. The fourth-order valence-corrected chi connectivity index (χ4v) is 5.16. The van der Waals surface area contributed by atoms with Crippen LogP contribution in [0.25, 0.3) is 0 Å². The molecule has 2 aliphatic heterocycles. The molecule has 2 heterocycles. The van der Waals surface area contributed by atoms with E-state index in [4.69, 9.17) is 19.9 Å². The molecule has 0 aliphatic carbocycles. The van der Waals surface area contributed by atoms with Crippen molar-refractivity contribution in [1.82, 2.24) is 9.80 Å². The van der Waals surface area contributed by atoms with E-state index >= 15 is 0 Å². The van der Waals surface area contributed by atoms with Crippen LogP contribution in [0.5, 0.6) is 0 Å². The molecule has 0 unspecified atom stereocenters. The Labute approximate surface area is 235 Å². The molecule has 0 saturated carbocycles. The van der Waals surface area contributed by atoms with Crippen LogP contribution in [0.2, 0.25) is 0 Å². The van der Waals surface area contributed by atoms with Crippen molar-refractivity contribution in [2.75, 3.05) is 52.5 Å². The fourth-order valence-electron chi connectivity index (χ4n) is 4.14. The van der Waals surface area contributed by atoms with Crippen molar-refractivity contribution in [2.24, 2.45) is 4.99 Å². The number of rotatable bonds is 10. The van der Waals surface area contributed by atoms with Crippen LogP contribution in [-0.4, -0.2) is 102 Å².